The highest BCUT2D eigenvalue weighted by Crippen LogP contribution is 2.47. The topological polar surface area (TPSA) is 50.4 Å². The first-order valence-corrected chi connectivity index (χ1v) is 7.52. The number of nitrogens with one attached hydrogen (secondary N) is 2. The van der Waals surface area contributed by atoms with Crippen LogP contribution in [0.2, 0.25) is 0 Å². The molecule has 1 aliphatic carbocycles. The van der Waals surface area contributed by atoms with Crippen molar-refractivity contribution >= 4 is 5.91 Å². The average molecular weight is 292 g/mol. The van der Waals surface area contributed by atoms with Crippen LogP contribution >= 0.6 is 0 Å². The van der Waals surface area contributed by atoms with Crippen LogP contribution in [0.3, 0.4) is 0 Å². The van der Waals surface area contributed by atoms with Gasteiger partial charge in [-0.1, -0.05) is 12.1 Å². The van der Waals surface area contributed by atoms with Gasteiger partial charge in [0.05, 0.1) is 13.2 Å². The average Bonchev–Trinajstić information content (AvgIpc) is 3.28. The van der Waals surface area contributed by atoms with E-state index in [1.165, 1.54) is 12.1 Å². The number of ether oxygens (including phenoxy) is 1. The van der Waals surface area contributed by atoms with Gasteiger partial charge in [0.25, 0.3) is 0 Å². The lowest BCUT2D eigenvalue weighted by atomic mass is 9.96. The van der Waals surface area contributed by atoms with Gasteiger partial charge in [0, 0.05) is 31.0 Å². The summed E-state index contributed by atoms with van der Waals surface area (Å²) in [6, 6.07) is 6.73. The molecule has 0 bridgehead atoms. The van der Waals surface area contributed by atoms with Gasteiger partial charge in [-0.2, -0.15) is 0 Å². The van der Waals surface area contributed by atoms with Gasteiger partial charge in [0.1, 0.15) is 5.82 Å². The molecule has 0 aromatic heterocycles. The zero-order valence-corrected chi connectivity index (χ0v) is 12.0. The second-order valence-corrected chi connectivity index (χ2v) is 5.99. The van der Waals surface area contributed by atoms with Gasteiger partial charge < -0.3 is 15.4 Å². The monoisotopic (exact) mass is 292 g/mol. The van der Waals surface area contributed by atoms with Crippen molar-refractivity contribution in [3.63, 3.8) is 0 Å². The Morgan fingerprint density at radius 3 is 2.76 bits per heavy atom. The molecule has 1 saturated carbocycles. The SMILES string of the molecule is O=C(CC1COCCN1)NCC1(c2ccc(F)cc2)CC1. The summed E-state index contributed by atoms with van der Waals surface area (Å²) >= 11 is 0. The zero-order valence-electron chi connectivity index (χ0n) is 12.0. The standard InChI is InChI=1S/C16H21FN2O2/c17-13-3-1-12(2-4-13)16(5-6-16)11-19-15(20)9-14-10-21-8-7-18-14/h1-4,14,18H,5-11H2,(H,19,20). The van der Waals surface area contributed by atoms with Gasteiger partial charge in [-0.15, -0.1) is 0 Å². The van der Waals surface area contributed by atoms with E-state index in [0.29, 0.717) is 26.2 Å². The minimum Gasteiger partial charge on any atom is -0.378 e. The largest absolute Gasteiger partial charge is 0.378 e. The number of carbonyl (C=O) groups is 1. The van der Waals surface area contributed by atoms with Crippen molar-refractivity contribution < 1.29 is 13.9 Å². The van der Waals surface area contributed by atoms with Gasteiger partial charge in [0.15, 0.2) is 0 Å². The summed E-state index contributed by atoms with van der Waals surface area (Å²) in [6.45, 7) is 2.74. The van der Waals surface area contributed by atoms with Crippen molar-refractivity contribution in [2.45, 2.75) is 30.7 Å². The molecule has 1 heterocycles. The molecule has 2 N–H and O–H groups in total. The predicted octanol–water partition coefficient (Wildman–Crippen LogP) is 1.35. The number of halogens is 1. The fourth-order valence-electron chi connectivity index (χ4n) is 2.84. The number of morpholine rings is 1. The molecule has 3 rings (SSSR count). The van der Waals surface area contributed by atoms with Crippen LogP contribution in [-0.4, -0.2) is 38.3 Å². The highest BCUT2D eigenvalue weighted by atomic mass is 19.1. The minimum absolute atomic E-state index is 0.0137. The number of amides is 1. The van der Waals surface area contributed by atoms with Crippen LogP contribution in [0.1, 0.15) is 24.8 Å². The van der Waals surface area contributed by atoms with E-state index in [9.17, 15) is 9.18 Å². The summed E-state index contributed by atoms with van der Waals surface area (Å²) < 4.78 is 18.3. The van der Waals surface area contributed by atoms with Crippen LogP contribution in [0.4, 0.5) is 4.39 Å². The smallest absolute Gasteiger partial charge is 0.221 e. The van der Waals surface area contributed by atoms with Crippen molar-refractivity contribution in [2.24, 2.45) is 0 Å². The number of benzene rings is 1. The third-order valence-electron chi connectivity index (χ3n) is 4.36. The Morgan fingerprint density at radius 1 is 1.38 bits per heavy atom. The molecule has 2 fully saturated rings. The Labute approximate surface area is 124 Å². The van der Waals surface area contributed by atoms with E-state index in [4.69, 9.17) is 4.74 Å². The van der Waals surface area contributed by atoms with Crippen LogP contribution in [0.5, 0.6) is 0 Å². The summed E-state index contributed by atoms with van der Waals surface area (Å²) in [7, 11) is 0. The molecule has 5 heteroatoms. The summed E-state index contributed by atoms with van der Waals surface area (Å²) in [6.07, 6.45) is 2.53. The quantitative estimate of drug-likeness (QED) is 0.861. The summed E-state index contributed by atoms with van der Waals surface area (Å²) in [5, 5.41) is 6.29. The molecule has 114 valence electrons. The molecule has 1 amide bonds. The Hall–Kier alpha value is -1.46. The van der Waals surface area contributed by atoms with Gasteiger partial charge >= 0.3 is 0 Å². The van der Waals surface area contributed by atoms with Crippen molar-refractivity contribution in [2.75, 3.05) is 26.3 Å². The maximum atomic E-state index is 13.0. The Balaban J connectivity index is 1.50. The first-order valence-electron chi connectivity index (χ1n) is 7.52. The van der Waals surface area contributed by atoms with Gasteiger partial charge in [-0.05, 0) is 30.5 Å². The Morgan fingerprint density at radius 2 is 2.14 bits per heavy atom. The second-order valence-electron chi connectivity index (χ2n) is 5.99. The fourth-order valence-corrected chi connectivity index (χ4v) is 2.84. The van der Waals surface area contributed by atoms with Gasteiger partial charge in [-0.25, -0.2) is 4.39 Å². The summed E-state index contributed by atoms with van der Waals surface area (Å²) in [5.74, 6) is -0.173. The third kappa shape index (κ3) is 3.60. The minimum atomic E-state index is -0.220. The Bertz CT molecular complexity index is 494. The molecule has 0 spiro atoms. The van der Waals surface area contributed by atoms with E-state index in [1.807, 2.05) is 12.1 Å². The van der Waals surface area contributed by atoms with Gasteiger partial charge in [-0.3, -0.25) is 4.79 Å². The van der Waals surface area contributed by atoms with Crippen LogP contribution in [0, 0.1) is 5.82 Å². The molecular formula is C16H21FN2O2. The van der Waals surface area contributed by atoms with Crippen LogP contribution in [0.25, 0.3) is 0 Å². The predicted molar refractivity (Wildman–Crippen MR) is 77.5 cm³/mol. The highest BCUT2D eigenvalue weighted by molar-refractivity contribution is 5.76. The molecule has 1 aromatic rings. The van der Waals surface area contributed by atoms with E-state index in [2.05, 4.69) is 10.6 Å². The molecular weight excluding hydrogens is 271 g/mol. The van der Waals surface area contributed by atoms with E-state index in [1.54, 1.807) is 0 Å². The van der Waals surface area contributed by atoms with E-state index < -0.39 is 0 Å². The maximum absolute atomic E-state index is 13.0. The molecule has 1 aliphatic heterocycles. The molecule has 0 radical (unpaired) electrons. The maximum Gasteiger partial charge on any atom is 0.221 e. The number of hydrogen-bond acceptors (Lipinski definition) is 3. The molecule has 1 aromatic carbocycles. The molecule has 4 nitrogen and oxygen atoms in total. The lowest BCUT2D eigenvalue weighted by molar-refractivity contribution is -0.122. The number of carbonyl (C=O) groups excluding carboxylic acids is 1. The second kappa shape index (κ2) is 6.12. The van der Waals surface area contributed by atoms with Crippen molar-refractivity contribution in [3.8, 4) is 0 Å². The highest BCUT2D eigenvalue weighted by Gasteiger charge is 2.44. The zero-order chi connectivity index (χ0) is 14.7. The fraction of sp³-hybridized carbons (Fsp3) is 0.562. The normalized spacial score (nSPS) is 23.6. The molecule has 2 aliphatic rings. The molecule has 1 unspecified atom stereocenters. The third-order valence-corrected chi connectivity index (χ3v) is 4.36. The number of rotatable bonds is 5. The summed E-state index contributed by atoms with van der Waals surface area (Å²) in [5.41, 5.74) is 1.13. The molecule has 21 heavy (non-hydrogen) atoms. The lowest BCUT2D eigenvalue weighted by Crippen LogP contribution is -2.45. The van der Waals surface area contributed by atoms with Crippen molar-refractivity contribution in [1.82, 2.24) is 10.6 Å². The first kappa shape index (κ1) is 14.5. The molecule has 1 atom stereocenters. The van der Waals surface area contributed by atoms with Crippen LogP contribution in [0.15, 0.2) is 24.3 Å². The van der Waals surface area contributed by atoms with Gasteiger partial charge in [0.2, 0.25) is 5.91 Å². The van der Waals surface area contributed by atoms with E-state index in [0.717, 1.165) is 24.9 Å². The van der Waals surface area contributed by atoms with E-state index in [-0.39, 0.29) is 23.2 Å². The first-order chi connectivity index (χ1) is 10.2. The van der Waals surface area contributed by atoms with E-state index >= 15 is 0 Å². The number of hydrogen-bond donors (Lipinski definition) is 2. The molecule has 1 saturated heterocycles. The van der Waals surface area contributed by atoms with Crippen molar-refractivity contribution in [1.29, 1.82) is 0 Å². The van der Waals surface area contributed by atoms with Crippen LogP contribution < -0.4 is 10.6 Å². The summed E-state index contributed by atoms with van der Waals surface area (Å²) in [4.78, 5) is 12.0. The Kier molecular flexibility index (Phi) is 4.22. The van der Waals surface area contributed by atoms with Crippen molar-refractivity contribution in [3.05, 3.63) is 35.6 Å². The lowest BCUT2D eigenvalue weighted by Gasteiger charge is -2.24. The van der Waals surface area contributed by atoms with Crippen LogP contribution in [-0.2, 0) is 14.9 Å².